The Kier molecular flexibility index (Phi) is 1.54. The van der Waals surface area contributed by atoms with E-state index in [1.165, 1.54) is 11.3 Å². The minimum Gasteiger partial charge on any atom is -0.398 e. The third kappa shape index (κ3) is 0.961. The molecule has 2 nitrogen and oxygen atoms in total. The van der Waals surface area contributed by atoms with Gasteiger partial charge < -0.3 is 10.6 Å². The second-order valence-electron chi connectivity index (χ2n) is 3.03. The fourth-order valence-corrected chi connectivity index (χ4v) is 1.34. The molecular formula is C10H12N2. The average molecular weight is 160 g/mol. The van der Waals surface area contributed by atoms with E-state index in [9.17, 15) is 0 Å². The van der Waals surface area contributed by atoms with Gasteiger partial charge in [-0.15, -0.1) is 0 Å². The summed E-state index contributed by atoms with van der Waals surface area (Å²) in [5.41, 5.74) is 9.04. The molecule has 1 aliphatic rings. The first kappa shape index (κ1) is 7.22. The van der Waals surface area contributed by atoms with Crippen LogP contribution in [-0.2, 0) is 0 Å². The van der Waals surface area contributed by atoms with Crippen molar-refractivity contribution in [2.45, 2.75) is 6.92 Å². The van der Waals surface area contributed by atoms with Gasteiger partial charge in [-0.2, -0.15) is 0 Å². The van der Waals surface area contributed by atoms with Gasteiger partial charge in [0.25, 0.3) is 0 Å². The Hall–Kier alpha value is -1.44. The molecule has 0 saturated heterocycles. The van der Waals surface area contributed by atoms with Crippen molar-refractivity contribution < 1.29 is 0 Å². The molecule has 0 fully saturated rings. The van der Waals surface area contributed by atoms with Crippen LogP contribution in [0.15, 0.2) is 30.5 Å². The van der Waals surface area contributed by atoms with Crippen molar-refractivity contribution in [3.8, 4) is 0 Å². The molecule has 12 heavy (non-hydrogen) atoms. The summed E-state index contributed by atoms with van der Waals surface area (Å²) in [5, 5.41) is 0. The Labute approximate surface area is 72.3 Å². The van der Waals surface area contributed by atoms with E-state index in [0.29, 0.717) is 0 Å². The van der Waals surface area contributed by atoms with E-state index < -0.39 is 0 Å². The van der Waals surface area contributed by atoms with Gasteiger partial charge in [-0.1, -0.05) is 6.07 Å². The third-order valence-electron chi connectivity index (χ3n) is 2.24. The Morgan fingerprint density at radius 1 is 1.42 bits per heavy atom. The molecule has 1 aromatic rings. The van der Waals surface area contributed by atoms with E-state index in [4.69, 9.17) is 5.73 Å². The van der Waals surface area contributed by atoms with Crippen molar-refractivity contribution in [3.05, 3.63) is 36.0 Å². The van der Waals surface area contributed by atoms with Crippen molar-refractivity contribution in [1.82, 2.24) is 0 Å². The fourth-order valence-electron chi connectivity index (χ4n) is 1.34. The summed E-state index contributed by atoms with van der Waals surface area (Å²) in [6, 6.07) is 6.02. The maximum atomic E-state index is 5.79. The zero-order valence-electron chi connectivity index (χ0n) is 7.12. The third-order valence-corrected chi connectivity index (χ3v) is 2.24. The van der Waals surface area contributed by atoms with Crippen molar-refractivity contribution in [2.75, 3.05) is 17.2 Å². The van der Waals surface area contributed by atoms with Crippen molar-refractivity contribution in [2.24, 2.45) is 0 Å². The standard InChI is InChI=1S/C10H12N2/c1-8-9(11)4-2-5-10(8)12-6-3-7-12/h2-6H,7,11H2,1H3. The minimum atomic E-state index is 0.868. The van der Waals surface area contributed by atoms with E-state index >= 15 is 0 Å². The van der Waals surface area contributed by atoms with Crippen molar-refractivity contribution in [3.63, 3.8) is 0 Å². The Balaban J connectivity index is 2.43. The molecule has 1 heterocycles. The SMILES string of the molecule is Cc1c(N)cccc1N1C=CC1. The number of anilines is 2. The van der Waals surface area contributed by atoms with Crippen LogP contribution in [0.1, 0.15) is 5.56 Å². The lowest BCUT2D eigenvalue weighted by molar-refractivity contribution is 1.000. The fraction of sp³-hybridized carbons (Fsp3) is 0.200. The van der Waals surface area contributed by atoms with Gasteiger partial charge in [0.1, 0.15) is 0 Å². The number of rotatable bonds is 1. The number of nitrogens with two attached hydrogens (primary N) is 1. The van der Waals surface area contributed by atoms with Gasteiger partial charge in [-0.3, -0.25) is 0 Å². The molecule has 0 radical (unpaired) electrons. The molecule has 0 unspecified atom stereocenters. The lowest BCUT2D eigenvalue weighted by Gasteiger charge is -2.27. The highest BCUT2D eigenvalue weighted by molar-refractivity contribution is 5.66. The van der Waals surface area contributed by atoms with E-state index in [0.717, 1.165) is 12.2 Å². The maximum absolute atomic E-state index is 5.79. The van der Waals surface area contributed by atoms with Crippen LogP contribution < -0.4 is 10.6 Å². The highest BCUT2D eigenvalue weighted by atomic mass is 15.1. The molecule has 0 amide bonds. The van der Waals surface area contributed by atoms with Gasteiger partial charge in [0.05, 0.1) is 0 Å². The first-order valence-corrected chi connectivity index (χ1v) is 4.07. The van der Waals surface area contributed by atoms with E-state index in [2.05, 4.69) is 30.2 Å². The highest BCUT2D eigenvalue weighted by Crippen LogP contribution is 2.26. The van der Waals surface area contributed by atoms with Gasteiger partial charge in [0.2, 0.25) is 0 Å². The van der Waals surface area contributed by atoms with Crippen LogP contribution in [0.25, 0.3) is 0 Å². The van der Waals surface area contributed by atoms with Gasteiger partial charge in [-0.25, -0.2) is 0 Å². The van der Waals surface area contributed by atoms with Crippen LogP contribution in [-0.4, -0.2) is 6.54 Å². The number of hydrogen-bond acceptors (Lipinski definition) is 2. The summed E-state index contributed by atoms with van der Waals surface area (Å²) in [7, 11) is 0. The van der Waals surface area contributed by atoms with E-state index in [1.807, 2.05) is 12.1 Å². The Morgan fingerprint density at radius 2 is 2.17 bits per heavy atom. The topological polar surface area (TPSA) is 29.3 Å². The highest BCUT2D eigenvalue weighted by Gasteiger charge is 2.10. The quantitative estimate of drug-likeness (QED) is 0.636. The summed E-state index contributed by atoms with van der Waals surface area (Å²) in [4.78, 5) is 2.19. The van der Waals surface area contributed by atoms with Crippen LogP contribution >= 0.6 is 0 Å². The summed E-state index contributed by atoms with van der Waals surface area (Å²) in [5.74, 6) is 0. The summed E-state index contributed by atoms with van der Waals surface area (Å²) in [6.45, 7) is 3.06. The van der Waals surface area contributed by atoms with Crippen molar-refractivity contribution >= 4 is 11.4 Å². The van der Waals surface area contributed by atoms with Gasteiger partial charge in [-0.05, 0) is 30.7 Å². The molecule has 0 bridgehead atoms. The van der Waals surface area contributed by atoms with Crippen LogP contribution in [0.5, 0.6) is 0 Å². The molecular weight excluding hydrogens is 148 g/mol. The molecule has 2 rings (SSSR count). The molecule has 0 saturated carbocycles. The molecule has 0 spiro atoms. The summed E-state index contributed by atoms with van der Waals surface area (Å²) >= 11 is 0. The maximum Gasteiger partial charge on any atom is 0.0459 e. The molecule has 2 heteroatoms. The monoisotopic (exact) mass is 160 g/mol. The smallest absolute Gasteiger partial charge is 0.0459 e. The minimum absolute atomic E-state index is 0.868. The molecule has 62 valence electrons. The lowest BCUT2D eigenvalue weighted by Crippen LogP contribution is -2.24. The molecule has 0 aliphatic carbocycles. The largest absolute Gasteiger partial charge is 0.398 e. The van der Waals surface area contributed by atoms with E-state index in [1.54, 1.807) is 0 Å². The van der Waals surface area contributed by atoms with Gasteiger partial charge >= 0.3 is 0 Å². The number of nitrogen functional groups attached to an aromatic ring is 1. The molecule has 0 atom stereocenters. The number of benzene rings is 1. The van der Waals surface area contributed by atoms with Gasteiger partial charge in [0.15, 0.2) is 0 Å². The summed E-state index contributed by atoms with van der Waals surface area (Å²) in [6.07, 6.45) is 4.20. The molecule has 1 aliphatic heterocycles. The average Bonchev–Trinajstić information content (AvgIpc) is 1.95. The predicted octanol–water partition coefficient (Wildman–Crippen LogP) is 1.91. The molecule has 0 aromatic heterocycles. The van der Waals surface area contributed by atoms with Crippen LogP contribution in [0.3, 0.4) is 0 Å². The predicted molar refractivity (Wildman–Crippen MR) is 52.1 cm³/mol. The zero-order valence-corrected chi connectivity index (χ0v) is 7.12. The first-order valence-electron chi connectivity index (χ1n) is 4.07. The second kappa shape index (κ2) is 2.55. The van der Waals surface area contributed by atoms with Crippen LogP contribution in [0.2, 0.25) is 0 Å². The van der Waals surface area contributed by atoms with Crippen LogP contribution in [0, 0.1) is 6.92 Å². The number of hydrogen-bond donors (Lipinski definition) is 1. The van der Waals surface area contributed by atoms with E-state index in [-0.39, 0.29) is 0 Å². The first-order chi connectivity index (χ1) is 5.79. The number of nitrogens with zero attached hydrogens (tertiary/aromatic N) is 1. The lowest BCUT2D eigenvalue weighted by atomic mass is 10.1. The molecule has 2 N–H and O–H groups in total. The van der Waals surface area contributed by atoms with Crippen LogP contribution in [0.4, 0.5) is 11.4 Å². The Bertz CT molecular complexity index is 329. The molecule has 1 aromatic carbocycles. The van der Waals surface area contributed by atoms with Crippen molar-refractivity contribution in [1.29, 1.82) is 0 Å². The summed E-state index contributed by atoms with van der Waals surface area (Å²) < 4.78 is 0. The second-order valence-corrected chi connectivity index (χ2v) is 3.03. The van der Waals surface area contributed by atoms with Gasteiger partial charge in [0, 0.05) is 24.1 Å². The Morgan fingerprint density at radius 3 is 2.75 bits per heavy atom. The zero-order chi connectivity index (χ0) is 8.55. The normalized spacial score (nSPS) is 14.6.